The molecule has 0 amide bonds. The van der Waals surface area contributed by atoms with Crippen molar-refractivity contribution in [3.8, 4) is 0 Å². The Morgan fingerprint density at radius 2 is 0.750 bits per heavy atom. The van der Waals surface area contributed by atoms with Gasteiger partial charge in [0.1, 0.15) is 0 Å². The average molecular weight is 260 g/mol. The molecule has 0 aromatic carbocycles. The minimum absolute atomic E-state index is 0. The third-order valence-electron chi connectivity index (χ3n) is 0. The molecule has 4 heteroatoms. The fourth-order valence-electron chi connectivity index (χ4n) is 0. The van der Waals surface area contributed by atoms with Crippen molar-refractivity contribution in [2.24, 2.45) is 0 Å². The van der Waals surface area contributed by atoms with Crippen molar-refractivity contribution in [3.05, 3.63) is 0 Å². The summed E-state index contributed by atoms with van der Waals surface area (Å²) >= 11 is 0. The third kappa shape index (κ3) is 8.82. The summed E-state index contributed by atoms with van der Waals surface area (Å²) < 4.78 is 0. The molecule has 0 aliphatic carbocycles. The largest absolute Gasteiger partial charge is 0.153 e. The normalized spacial score (nSPS) is 0. The van der Waals surface area contributed by atoms with E-state index in [0.29, 0.717) is 0 Å². The predicted molar refractivity (Wildman–Crippen MR) is 22.2 cm³/mol. The fraction of sp³-hybridized carbons (Fsp3) is 0. The van der Waals surface area contributed by atoms with E-state index in [1.807, 2.05) is 0 Å². The van der Waals surface area contributed by atoms with Crippen molar-refractivity contribution in [3.63, 3.8) is 0 Å². The van der Waals surface area contributed by atoms with Crippen LogP contribution < -0.4 is 0 Å². The van der Waals surface area contributed by atoms with Gasteiger partial charge in [-0.3, -0.25) is 0 Å². The molecule has 0 nitrogen and oxygen atoms in total. The van der Waals surface area contributed by atoms with Crippen molar-refractivity contribution < 1.29 is 52.2 Å². The van der Waals surface area contributed by atoms with E-state index in [0.717, 1.165) is 0 Å². The van der Waals surface area contributed by atoms with E-state index < -0.39 is 0 Å². The molecule has 4 heavy (non-hydrogen) atoms. The van der Waals surface area contributed by atoms with Crippen LogP contribution in [0.25, 0.3) is 0 Å². The Morgan fingerprint density at radius 1 is 0.750 bits per heavy atom. The second-order valence-corrected chi connectivity index (χ2v) is 0. The minimum atomic E-state index is 0. The summed E-state index contributed by atoms with van der Waals surface area (Å²) in [5, 5.41) is 0. The van der Waals surface area contributed by atoms with Gasteiger partial charge < -0.3 is 0 Å². The first kappa shape index (κ1) is 30.7. The SMILES string of the molecule is P.P.[Rh].[Y]. The monoisotopic (exact) mass is 260 g/mol. The van der Waals surface area contributed by atoms with Crippen molar-refractivity contribution in [1.82, 2.24) is 0 Å². The van der Waals surface area contributed by atoms with Crippen LogP contribution in [-0.2, 0) is 52.2 Å². The Morgan fingerprint density at radius 3 is 0.750 bits per heavy atom. The van der Waals surface area contributed by atoms with Crippen LogP contribution in [0, 0.1) is 0 Å². The van der Waals surface area contributed by atoms with Gasteiger partial charge in [0.2, 0.25) is 0 Å². The first-order chi connectivity index (χ1) is 0. The molecule has 2 unspecified atom stereocenters. The van der Waals surface area contributed by atoms with Gasteiger partial charge in [-0.15, -0.1) is 0 Å². The molecule has 0 rings (SSSR count). The summed E-state index contributed by atoms with van der Waals surface area (Å²) in [6, 6.07) is 0. The Hall–Kier alpha value is 2.59. The molecule has 0 spiro atoms. The zero-order valence-corrected chi connectivity index (χ0v) is 9.63. The van der Waals surface area contributed by atoms with Crippen molar-refractivity contribution in [1.29, 1.82) is 0 Å². The third-order valence-corrected chi connectivity index (χ3v) is 0. The van der Waals surface area contributed by atoms with Gasteiger partial charge in [-0.25, -0.2) is 0 Å². The molecule has 0 aliphatic heterocycles. The summed E-state index contributed by atoms with van der Waals surface area (Å²) in [4.78, 5) is 0. The van der Waals surface area contributed by atoms with Crippen molar-refractivity contribution in [2.45, 2.75) is 0 Å². The van der Waals surface area contributed by atoms with Crippen LogP contribution in [-0.4, -0.2) is 0 Å². The van der Waals surface area contributed by atoms with E-state index in [2.05, 4.69) is 0 Å². The van der Waals surface area contributed by atoms with Crippen molar-refractivity contribution >= 4 is 19.8 Å². The van der Waals surface area contributed by atoms with Gasteiger partial charge >= 0.3 is 0 Å². The van der Waals surface area contributed by atoms with Gasteiger partial charge in [0, 0.05) is 52.2 Å². The Bertz CT molecular complexity index is 6.00. The van der Waals surface area contributed by atoms with E-state index in [-0.39, 0.29) is 72.0 Å². The molecule has 2 atom stereocenters. The summed E-state index contributed by atoms with van der Waals surface area (Å²) in [6.45, 7) is 0. The molecule has 0 saturated heterocycles. The van der Waals surface area contributed by atoms with E-state index >= 15 is 0 Å². The molecule has 0 aliphatic rings. The second kappa shape index (κ2) is 17.6. The molecule has 0 N–H and O–H groups in total. The molecule has 28 valence electrons. The maximum Gasteiger partial charge on any atom is 0 e. The summed E-state index contributed by atoms with van der Waals surface area (Å²) in [5.41, 5.74) is 0. The van der Waals surface area contributed by atoms with Crippen LogP contribution in [0.15, 0.2) is 0 Å². The Kier molecular flexibility index (Phi) is 135. The van der Waals surface area contributed by atoms with Gasteiger partial charge in [-0.2, -0.15) is 19.8 Å². The summed E-state index contributed by atoms with van der Waals surface area (Å²) in [6.07, 6.45) is 0. The van der Waals surface area contributed by atoms with Crippen LogP contribution >= 0.6 is 19.8 Å². The van der Waals surface area contributed by atoms with Crippen LogP contribution in [0.1, 0.15) is 0 Å². The van der Waals surface area contributed by atoms with Crippen LogP contribution in [0.2, 0.25) is 0 Å². The molecular weight excluding hydrogens is 254 g/mol. The van der Waals surface area contributed by atoms with Gasteiger partial charge in [-0.05, 0) is 0 Å². The smallest absolute Gasteiger partial charge is 0 e. The minimum Gasteiger partial charge on any atom is -0.153 e. The quantitative estimate of drug-likeness (QED) is 0.428. The maximum absolute atomic E-state index is 0. The maximum atomic E-state index is 0. The van der Waals surface area contributed by atoms with E-state index in [1.165, 1.54) is 0 Å². The molecule has 0 saturated carbocycles. The van der Waals surface area contributed by atoms with E-state index in [9.17, 15) is 0 Å². The molecule has 0 aromatic rings. The summed E-state index contributed by atoms with van der Waals surface area (Å²) in [5.74, 6) is 0. The van der Waals surface area contributed by atoms with E-state index in [4.69, 9.17) is 0 Å². The van der Waals surface area contributed by atoms with Crippen LogP contribution in [0.5, 0.6) is 0 Å². The first-order valence-electron chi connectivity index (χ1n) is 0. The zero-order chi connectivity index (χ0) is 0. The Balaban J connectivity index is 0. The fourth-order valence-corrected chi connectivity index (χ4v) is 0. The van der Waals surface area contributed by atoms with E-state index in [1.54, 1.807) is 0 Å². The molecule has 0 heterocycles. The van der Waals surface area contributed by atoms with Crippen molar-refractivity contribution in [2.75, 3.05) is 0 Å². The summed E-state index contributed by atoms with van der Waals surface area (Å²) in [7, 11) is 0. The van der Waals surface area contributed by atoms with Crippen LogP contribution in [0.3, 0.4) is 0 Å². The Labute approximate surface area is 71.1 Å². The van der Waals surface area contributed by atoms with Gasteiger partial charge in [-0.1, -0.05) is 0 Å². The number of hydrogen-bond donors (Lipinski definition) is 0. The standard InChI is InChI=1S/2H3P.Rh.Y/h2*1H3;;. The average Bonchev–Trinajstić information content (AvgIpc) is 0. The van der Waals surface area contributed by atoms with Gasteiger partial charge in [0.05, 0.1) is 0 Å². The number of hydrogen-bond acceptors (Lipinski definition) is 0. The van der Waals surface area contributed by atoms with Crippen LogP contribution in [0.4, 0.5) is 0 Å². The van der Waals surface area contributed by atoms with Gasteiger partial charge in [0.25, 0.3) is 0 Å². The molecule has 0 fully saturated rings. The molecule has 0 aromatic heterocycles. The topological polar surface area (TPSA) is 0 Å². The molecular formula is H6P2RhY. The first-order valence-corrected chi connectivity index (χ1v) is 0. The van der Waals surface area contributed by atoms with Gasteiger partial charge in [0.15, 0.2) is 0 Å². The molecule has 2 radical (unpaired) electrons. The number of rotatable bonds is 0. The zero-order valence-electron chi connectivity index (χ0n) is 2.32. The predicted octanol–water partition coefficient (Wildman–Crippen LogP) is 0.111. The molecule has 0 bridgehead atoms. The second-order valence-electron chi connectivity index (χ2n) is 0.